The van der Waals surface area contributed by atoms with E-state index in [0.717, 1.165) is 41.9 Å². The van der Waals surface area contributed by atoms with Gasteiger partial charge in [0.1, 0.15) is 0 Å². The molecule has 0 aliphatic rings. The highest BCUT2D eigenvalue weighted by Gasteiger charge is 2.01. The van der Waals surface area contributed by atoms with E-state index < -0.39 is 0 Å². The Morgan fingerprint density at radius 1 is 1.07 bits per heavy atom. The molecule has 0 spiro atoms. The molecule has 1 aromatic heterocycles. The van der Waals surface area contributed by atoms with Crippen molar-refractivity contribution in [2.24, 2.45) is 0 Å². The van der Waals surface area contributed by atoms with Gasteiger partial charge in [0.2, 0.25) is 0 Å². The Labute approximate surface area is 101 Å². The van der Waals surface area contributed by atoms with Crippen molar-refractivity contribution < 1.29 is 0 Å². The first-order valence-electron chi connectivity index (χ1n) is 5.60. The summed E-state index contributed by atoms with van der Waals surface area (Å²) in [5.74, 6) is 0. The fraction of sp³-hybridized carbons (Fsp3) is 0.800. The van der Waals surface area contributed by atoms with Crippen molar-refractivity contribution in [1.29, 1.82) is 0 Å². The lowest BCUT2D eigenvalue weighted by molar-refractivity contribution is 0.550. The number of nitrogens with one attached hydrogen (secondary N) is 1. The molecule has 3 nitrogen and oxygen atoms in total. The number of hydrogen-bond donors (Lipinski definition) is 1. The third-order valence-electron chi connectivity index (χ3n) is 2.41. The summed E-state index contributed by atoms with van der Waals surface area (Å²) in [6, 6.07) is 0. The van der Waals surface area contributed by atoms with Crippen LogP contribution in [0.5, 0.6) is 0 Å². The van der Waals surface area contributed by atoms with Crippen LogP contribution in [0.25, 0.3) is 0 Å². The zero-order valence-electron chi connectivity index (χ0n) is 9.45. The summed E-state index contributed by atoms with van der Waals surface area (Å²) in [5, 5.41) is 3.15. The van der Waals surface area contributed by atoms with Crippen LogP contribution in [0.2, 0.25) is 0 Å². The lowest BCUT2D eigenvalue weighted by atomic mass is 10.3. The van der Waals surface area contributed by atoms with E-state index in [1.165, 1.54) is 6.42 Å². The second kappa shape index (κ2) is 6.23. The Morgan fingerprint density at radius 2 is 1.67 bits per heavy atom. The lowest BCUT2D eigenvalue weighted by Crippen LogP contribution is -2.02. The number of aryl methyl sites for hydroxylation is 1. The Balaban J connectivity index is 2.84. The van der Waals surface area contributed by atoms with Crippen LogP contribution in [0.1, 0.15) is 39.5 Å². The first-order chi connectivity index (χ1) is 7.20. The van der Waals surface area contributed by atoms with E-state index in [9.17, 15) is 0 Å². The van der Waals surface area contributed by atoms with Crippen LogP contribution in [0.15, 0.2) is 0 Å². The van der Waals surface area contributed by atoms with E-state index in [0.29, 0.717) is 0 Å². The first kappa shape index (κ1) is 12.6. The number of aromatic nitrogens is 3. The molecule has 1 aromatic rings. The molecule has 0 bridgehead atoms. The molecule has 0 aliphatic carbocycles. The molecule has 0 aliphatic heterocycles. The second-order valence-electron chi connectivity index (χ2n) is 3.71. The molecular formula is C10H19N3S2. The van der Waals surface area contributed by atoms with Gasteiger partial charge in [-0.05, 0) is 37.3 Å². The third kappa shape index (κ3) is 3.28. The maximum Gasteiger partial charge on any atom is 0.196 e. The van der Waals surface area contributed by atoms with Gasteiger partial charge in [-0.2, -0.15) is 0 Å². The molecule has 0 aromatic carbocycles. The number of H-pyrrole nitrogens is 1. The van der Waals surface area contributed by atoms with E-state index >= 15 is 0 Å². The Kier molecular flexibility index (Phi) is 5.25. The standard InChI is InChI=1S/C10H19N3S2/c1-3-5-7-12-9(14)11-13(10(12)15)8-6-4-2/h3-8H2,1-2H3,(H,11,14). The topological polar surface area (TPSA) is 25.6 Å². The number of aromatic amines is 1. The van der Waals surface area contributed by atoms with Crippen LogP contribution in [0.3, 0.4) is 0 Å². The largest absolute Gasteiger partial charge is 0.293 e. The zero-order valence-corrected chi connectivity index (χ0v) is 11.1. The van der Waals surface area contributed by atoms with Crippen molar-refractivity contribution in [2.45, 2.75) is 52.6 Å². The van der Waals surface area contributed by atoms with Gasteiger partial charge in [-0.15, -0.1) is 0 Å². The van der Waals surface area contributed by atoms with Crippen LogP contribution in [0.4, 0.5) is 0 Å². The van der Waals surface area contributed by atoms with Crippen molar-refractivity contribution in [3.05, 3.63) is 9.54 Å². The molecule has 0 radical (unpaired) electrons. The summed E-state index contributed by atoms with van der Waals surface area (Å²) in [4.78, 5) is 0. The second-order valence-corrected chi connectivity index (χ2v) is 4.46. The maximum absolute atomic E-state index is 5.37. The summed E-state index contributed by atoms with van der Waals surface area (Å²) < 4.78 is 5.59. The van der Waals surface area contributed by atoms with Gasteiger partial charge in [0, 0.05) is 13.1 Å². The average molecular weight is 245 g/mol. The molecule has 0 amide bonds. The Bertz CT molecular complexity index is 400. The van der Waals surface area contributed by atoms with Crippen LogP contribution in [-0.2, 0) is 13.1 Å². The number of hydrogen-bond acceptors (Lipinski definition) is 2. The molecule has 1 N–H and O–H groups in total. The van der Waals surface area contributed by atoms with Crippen LogP contribution in [-0.4, -0.2) is 14.3 Å². The number of rotatable bonds is 6. The molecule has 0 unspecified atom stereocenters. The summed E-state index contributed by atoms with van der Waals surface area (Å²) in [7, 11) is 0. The molecule has 15 heavy (non-hydrogen) atoms. The zero-order chi connectivity index (χ0) is 11.3. The van der Waals surface area contributed by atoms with E-state index in [1.807, 2.05) is 9.25 Å². The minimum Gasteiger partial charge on any atom is -0.293 e. The fourth-order valence-corrected chi connectivity index (χ4v) is 2.10. The minimum atomic E-state index is 0.754. The average Bonchev–Trinajstić information content (AvgIpc) is 2.49. The molecule has 1 rings (SSSR count). The van der Waals surface area contributed by atoms with Gasteiger partial charge >= 0.3 is 0 Å². The number of nitrogens with zero attached hydrogens (tertiary/aromatic N) is 2. The molecule has 0 saturated heterocycles. The molecule has 0 saturated carbocycles. The quantitative estimate of drug-likeness (QED) is 0.774. The highest BCUT2D eigenvalue weighted by molar-refractivity contribution is 7.72. The van der Waals surface area contributed by atoms with E-state index in [1.54, 1.807) is 0 Å². The van der Waals surface area contributed by atoms with E-state index in [2.05, 4.69) is 18.9 Å². The molecule has 1 heterocycles. The monoisotopic (exact) mass is 245 g/mol. The molecule has 5 heteroatoms. The summed E-state index contributed by atoms with van der Waals surface area (Å²) >= 11 is 10.6. The highest BCUT2D eigenvalue weighted by atomic mass is 32.1. The predicted octanol–water partition coefficient (Wildman–Crippen LogP) is 3.68. The van der Waals surface area contributed by atoms with Gasteiger partial charge < -0.3 is 0 Å². The van der Waals surface area contributed by atoms with Crippen molar-refractivity contribution in [3.63, 3.8) is 0 Å². The Hall–Kier alpha value is -0.420. The van der Waals surface area contributed by atoms with Crippen LogP contribution < -0.4 is 0 Å². The molecule has 0 fully saturated rings. The van der Waals surface area contributed by atoms with Crippen LogP contribution >= 0.6 is 24.4 Å². The van der Waals surface area contributed by atoms with Gasteiger partial charge in [-0.25, -0.2) is 0 Å². The SMILES string of the molecule is CCCCn1[nH]c(=S)n(CCCC)c1=S. The smallest absolute Gasteiger partial charge is 0.196 e. The number of unbranched alkanes of at least 4 members (excludes halogenated alkanes) is 2. The van der Waals surface area contributed by atoms with Crippen molar-refractivity contribution >= 4 is 24.4 Å². The molecular weight excluding hydrogens is 226 g/mol. The van der Waals surface area contributed by atoms with E-state index in [4.69, 9.17) is 24.4 Å². The van der Waals surface area contributed by atoms with E-state index in [-0.39, 0.29) is 0 Å². The normalized spacial score (nSPS) is 10.8. The van der Waals surface area contributed by atoms with Crippen LogP contribution in [0, 0.1) is 9.54 Å². The highest BCUT2D eigenvalue weighted by Crippen LogP contribution is 2.02. The maximum atomic E-state index is 5.37. The van der Waals surface area contributed by atoms with Gasteiger partial charge in [0.15, 0.2) is 9.54 Å². The summed E-state index contributed by atoms with van der Waals surface area (Å²) in [5.41, 5.74) is 0. The van der Waals surface area contributed by atoms with Crippen molar-refractivity contribution in [2.75, 3.05) is 0 Å². The Morgan fingerprint density at radius 3 is 2.27 bits per heavy atom. The molecule has 0 atom stereocenters. The first-order valence-corrected chi connectivity index (χ1v) is 6.42. The summed E-state index contributed by atoms with van der Waals surface area (Å²) in [6.07, 6.45) is 4.60. The summed E-state index contributed by atoms with van der Waals surface area (Å²) in [6.45, 7) is 6.22. The molecule has 86 valence electrons. The van der Waals surface area contributed by atoms with Gasteiger partial charge in [0.25, 0.3) is 0 Å². The van der Waals surface area contributed by atoms with Crippen molar-refractivity contribution in [3.8, 4) is 0 Å². The minimum absolute atomic E-state index is 0.754. The predicted molar refractivity (Wildman–Crippen MR) is 68.3 cm³/mol. The fourth-order valence-electron chi connectivity index (χ4n) is 1.44. The van der Waals surface area contributed by atoms with Crippen molar-refractivity contribution in [1.82, 2.24) is 14.3 Å². The van der Waals surface area contributed by atoms with Gasteiger partial charge in [0.05, 0.1) is 0 Å². The van der Waals surface area contributed by atoms with Gasteiger partial charge in [-0.1, -0.05) is 26.7 Å². The van der Waals surface area contributed by atoms with Gasteiger partial charge in [-0.3, -0.25) is 14.3 Å². The lowest BCUT2D eigenvalue weighted by Gasteiger charge is -2.01. The third-order valence-corrected chi connectivity index (χ3v) is 3.16.